The minimum Gasteiger partial charge on any atom is -0.507 e. The third-order valence-electron chi connectivity index (χ3n) is 2.51. The summed E-state index contributed by atoms with van der Waals surface area (Å²) in [5.41, 5.74) is 0.537. The Balaban J connectivity index is 2.64. The summed E-state index contributed by atoms with van der Waals surface area (Å²) in [4.78, 5) is 0. The molecule has 0 aromatic heterocycles. The van der Waals surface area contributed by atoms with Crippen LogP contribution in [0.2, 0.25) is 0 Å². The van der Waals surface area contributed by atoms with E-state index in [4.69, 9.17) is 4.74 Å². The first kappa shape index (κ1) is 11.6. The maximum absolute atomic E-state index is 9.72. The summed E-state index contributed by atoms with van der Waals surface area (Å²) in [7, 11) is 0. The summed E-state index contributed by atoms with van der Waals surface area (Å²) in [5, 5.41) is 38.6. The van der Waals surface area contributed by atoms with Crippen molar-refractivity contribution in [2.24, 2.45) is 0 Å². The number of benzene rings is 1. The smallest absolute Gasteiger partial charge is 0.201 e. The van der Waals surface area contributed by atoms with Crippen molar-refractivity contribution in [1.29, 1.82) is 0 Å². The van der Waals surface area contributed by atoms with Crippen LogP contribution in [0.1, 0.15) is 31.1 Å². The molecule has 0 saturated carbocycles. The fraction of sp³-hybridized carbons (Fsp3) is 0.333. The lowest BCUT2D eigenvalue weighted by Gasteiger charge is -2.17. The van der Waals surface area contributed by atoms with E-state index < -0.39 is 11.9 Å². The minimum absolute atomic E-state index is 0.0136. The topological polar surface area (TPSA) is 90.2 Å². The molecule has 1 aliphatic rings. The van der Waals surface area contributed by atoms with E-state index in [-0.39, 0.29) is 28.9 Å². The van der Waals surface area contributed by atoms with Crippen LogP contribution in [0.3, 0.4) is 0 Å². The first-order valence-corrected chi connectivity index (χ1v) is 5.26. The Morgan fingerprint density at radius 3 is 2.47 bits per heavy atom. The number of fused-ring (bicyclic) bond motifs is 1. The van der Waals surface area contributed by atoms with Crippen LogP contribution in [0.5, 0.6) is 17.2 Å². The number of aliphatic hydroxyl groups excluding tert-OH is 2. The zero-order valence-electron chi connectivity index (χ0n) is 9.51. The highest BCUT2D eigenvalue weighted by molar-refractivity contribution is 5.78. The highest BCUT2D eigenvalue weighted by atomic mass is 16.5. The van der Waals surface area contributed by atoms with Crippen LogP contribution in [0, 0.1) is 0 Å². The molecule has 1 atom stereocenters. The summed E-state index contributed by atoms with van der Waals surface area (Å²) in [6, 6.07) is 1.21. The Morgan fingerprint density at radius 1 is 1.24 bits per heavy atom. The molecule has 5 heteroatoms. The molecule has 5 nitrogen and oxygen atoms in total. The SMILES string of the molecule is CC(C)Oc1c(O)c(O)cc2c1C(O)=CC2O. The maximum atomic E-state index is 9.72. The van der Waals surface area contributed by atoms with Crippen LogP contribution >= 0.6 is 0 Å². The lowest BCUT2D eigenvalue weighted by atomic mass is 10.1. The molecular formula is C12H14O5. The van der Waals surface area contributed by atoms with E-state index >= 15 is 0 Å². The quantitative estimate of drug-likeness (QED) is 0.590. The van der Waals surface area contributed by atoms with Gasteiger partial charge in [0.1, 0.15) is 11.9 Å². The summed E-state index contributed by atoms with van der Waals surface area (Å²) >= 11 is 0. The molecule has 1 unspecified atom stereocenters. The third kappa shape index (κ3) is 1.78. The van der Waals surface area contributed by atoms with Gasteiger partial charge in [0.05, 0.1) is 11.7 Å². The Bertz CT molecular complexity index is 490. The number of ether oxygens (including phenoxy) is 1. The number of hydrogen-bond donors (Lipinski definition) is 4. The second-order valence-corrected chi connectivity index (χ2v) is 4.20. The molecule has 0 bridgehead atoms. The van der Waals surface area contributed by atoms with Gasteiger partial charge in [-0.2, -0.15) is 0 Å². The maximum Gasteiger partial charge on any atom is 0.201 e. The predicted molar refractivity (Wildman–Crippen MR) is 61.1 cm³/mol. The normalized spacial score (nSPS) is 18.1. The standard InChI is InChI=1S/C12H14O5/c1-5(2)17-12-10-6(3-9(15)11(12)16)7(13)4-8(10)14/h3-5,7,13-16H,1-2H3. The van der Waals surface area contributed by atoms with Gasteiger partial charge in [-0.1, -0.05) is 0 Å². The molecular weight excluding hydrogens is 224 g/mol. The van der Waals surface area contributed by atoms with Crippen molar-refractivity contribution in [3.63, 3.8) is 0 Å². The van der Waals surface area contributed by atoms with Crippen molar-refractivity contribution in [3.8, 4) is 17.2 Å². The lowest BCUT2D eigenvalue weighted by molar-refractivity contribution is 0.220. The summed E-state index contributed by atoms with van der Waals surface area (Å²) < 4.78 is 5.37. The second kappa shape index (κ2) is 3.85. The Kier molecular flexibility index (Phi) is 2.63. The van der Waals surface area contributed by atoms with Gasteiger partial charge in [-0.25, -0.2) is 0 Å². The van der Waals surface area contributed by atoms with Crippen molar-refractivity contribution in [2.75, 3.05) is 0 Å². The van der Waals surface area contributed by atoms with Crippen LogP contribution in [-0.2, 0) is 0 Å². The highest BCUT2D eigenvalue weighted by Crippen LogP contribution is 2.48. The van der Waals surface area contributed by atoms with E-state index in [2.05, 4.69) is 0 Å². The van der Waals surface area contributed by atoms with Crippen LogP contribution < -0.4 is 4.74 Å². The summed E-state index contributed by atoms with van der Waals surface area (Å²) in [5.74, 6) is -1.01. The number of phenolic OH excluding ortho intramolecular Hbond substituents is 2. The van der Waals surface area contributed by atoms with Gasteiger partial charge in [0, 0.05) is 5.56 Å². The summed E-state index contributed by atoms with van der Waals surface area (Å²) in [6.45, 7) is 3.50. The van der Waals surface area contributed by atoms with Crippen LogP contribution in [0.25, 0.3) is 5.76 Å². The number of rotatable bonds is 2. The molecule has 0 saturated heterocycles. The molecule has 0 radical (unpaired) electrons. The Morgan fingerprint density at radius 2 is 1.88 bits per heavy atom. The molecule has 0 amide bonds. The molecule has 0 heterocycles. The molecule has 1 aromatic carbocycles. The number of phenols is 2. The predicted octanol–water partition coefficient (Wildman–Crippen LogP) is 1.83. The van der Waals surface area contributed by atoms with Gasteiger partial charge in [-0.05, 0) is 26.0 Å². The van der Waals surface area contributed by atoms with Crippen LogP contribution in [-0.4, -0.2) is 26.5 Å². The molecule has 0 fully saturated rings. The van der Waals surface area contributed by atoms with Crippen molar-refractivity contribution >= 4 is 5.76 Å². The molecule has 0 spiro atoms. The van der Waals surface area contributed by atoms with Gasteiger partial charge >= 0.3 is 0 Å². The van der Waals surface area contributed by atoms with E-state index in [0.29, 0.717) is 5.56 Å². The fourth-order valence-electron chi connectivity index (χ4n) is 1.82. The lowest BCUT2D eigenvalue weighted by Crippen LogP contribution is -2.08. The minimum atomic E-state index is -1.01. The Hall–Kier alpha value is -1.88. The zero-order valence-corrected chi connectivity index (χ0v) is 9.51. The van der Waals surface area contributed by atoms with Gasteiger partial charge < -0.3 is 25.2 Å². The molecule has 92 valence electrons. The largest absolute Gasteiger partial charge is 0.507 e. The van der Waals surface area contributed by atoms with Gasteiger partial charge in [0.2, 0.25) is 5.75 Å². The zero-order chi connectivity index (χ0) is 12.7. The second-order valence-electron chi connectivity index (χ2n) is 4.20. The van der Waals surface area contributed by atoms with E-state index in [1.807, 2.05) is 0 Å². The van der Waals surface area contributed by atoms with Crippen molar-refractivity contribution in [2.45, 2.75) is 26.1 Å². The molecule has 0 aliphatic heterocycles. The molecule has 4 N–H and O–H groups in total. The molecule has 17 heavy (non-hydrogen) atoms. The van der Waals surface area contributed by atoms with E-state index in [0.717, 1.165) is 0 Å². The van der Waals surface area contributed by atoms with Crippen molar-refractivity contribution in [1.82, 2.24) is 0 Å². The molecule has 1 aromatic rings. The van der Waals surface area contributed by atoms with Crippen molar-refractivity contribution in [3.05, 3.63) is 23.3 Å². The van der Waals surface area contributed by atoms with Gasteiger partial charge in [0.15, 0.2) is 11.5 Å². The molecule has 2 rings (SSSR count). The summed E-state index contributed by atoms with van der Waals surface area (Å²) in [6.07, 6.45) is -0.0279. The van der Waals surface area contributed by atoms with Crippen LogP contribution in [0.15, 0.2) is 12.1 Å². The van der Waals surface area contributed by atoms with Gasteiger partial charge in [-0.15, -0.1) is 0 Å². The van der Waals surface area contributed by atoms with E-state index in [9.17, 15) is 20.4 Å². The Labute approximate surface area is 98.2 Å². The first-order valence-electron chi connectivity index (χ1n) is 5.26. The number of aromatic hydroxyl groups is 2. The first-order chi connectivity index (χ1) is 7.91. The fourth-order valence-corrected chi connectivity index (χ4v) is 1.82. The van der Waals surface area contributed by atoms with Gasteiger partial charge in [-0.3, -0.25) is 0 Å². The number of aliphatic hydroxyl groups is 2. The van der Waals surface area contributed by atoms with E-state index in [1.54, 1.807) is 13.8 Å². The number of hydrogen-bond acceptors (Lipinski definition) is 5. The monoisotopic (exact) mass is 238 g/mol. The average Bonchev–Trinajstić information content (AvgIpc) is 2.49. The average molecular weight is 238 g/mol. The molecule has 1 aliphatic carbocycles. The van der Waals surface area contributed by atoms with Crippen molar-refractivity contribution < 1.29 is 25.2 Å². The van der Waals surface area contributed by atoms with E-state index in [1.165, 1.54) is 12.1 Å². The third-order valence-corrected chi connectivity index (χ3v) is 2.51. The highest BCUT2D eigenvalue weighted by Gasteiger charge is 2.30. The van der Waals surface area contributed by atoms with Crippen LogP contribution in [0.4, 0.5) is 0 Å². The van der Waals surface area contributed by atoms with Gasteiger partial charge in [0.25, 0.3) is 0 Å².